The lowest BCUT2D eigenvalue weighted by Gasteiger charge is -2.42. The molecule has 1 aromatic heterocycles. The highest BCUT2D eigenvalue weighted by atomic mass is 35.5. The number of carbonyl (C=O) groups excluding carboxylic acids is 1. The van der Waals surface area contributed by atoms with Gasteiger partial charge in [0.25, 0.3) is 0 Å². The number of ether oxygens (including phenoxy) is 1. The number of hydrogen-bond acceptors (Lipinski definition) is 5. The molecule has 0 saturated carbocycles. The molecule has 3 aromatic rings. The van der Waals surface area contributed by atoms with Crippen LogP contribution in [0.3, 0.4) is 0 Å². The van der Waals surface area contributed by atoms with Crippen LogP contribution in [0.5, 0.6) is 5.75 Å². The van der Waals surface area contributed by atoms with Gasteiger partial charge in [-0.25, -0.2) is 4.98 Å². The number of benzene rings is 2. The van der Waals surface area contributed by atoms with Crippen molar-refractivity contribution < 1.29 is 9.53 Å². The first-order chi connectivity index (χ1) is 14.5. The third kappa shape index (κ3) is 4.35. The summed E-state index contributed by atoms with van der Waals surface area (Å²) >= 11 is 6.14. The first-order valence-corrected chi connectivity index (χ1v) is 10.4. The van der Waals surface area contributed by atoms with Gasteiger partial charge in [-0.3, -0.25) is 9.69 Å². The van der Waals surface area contributed by atoms with Gasteiger partial charge in [0.2, 0.25) is 5.91 Å². The Morgan fingerprint density at radius 3 is 2.70 bits per heavy atom. The largest absolute Gasteiger partial charge is 0.494 e. The van der Waals surface area contributed by atoms with Gasteiger partial charge in [-0.15, -0.1) is 0 Å². The van der Waals surface area contributed by atoms with Crippen molar-refractivity contribution in [2.45, 2.75) is 12.5 Å². The molecule has 2 aromatic carbocycles. The molecular formula is C23H25ClN4O2. The zero-order valence-electron chi connectivity index (χ0n) is 16.9. The number of hydrogen-bond donors (Lipinski definition) is 1. The summed E-state index contributed by atoms with van der Waals surface area (Å²) < 4.78 is 5.49. The Balaban J connectivity index is 1.66. The summed E-state index contributed by atoms with van der Waals surface area (Å²) in [4.78, 5) is 20.6. The molecule has 156 valence electrons. The number of aromatic nitrogens is 1. The summed E-state index contributed by atoms with van der Waals surface area (Å²) in [5.41, 5.74) is 8.60. The highest BCUT2D eigenvalue weighted by Crippen LogP contribution is 2.34. The molecule has 6 nitrogen and oxygen atoms in total. The molecule has 7 heteroatoms. The first kappa shape index (κ1) is 20.4. The number of piperazine rings is 1. The molecule has 2 N–H and O–H groups in total. The number of nitrogens with zero attached hydrogens (tertiary/aromatic N) is 3. The van der Waals surface area contributed by atoms with Crippen LogP contribution in [0.25, 0.3) is 10.9 Å². The molecular weight excluding hydrogens is 400 g/mol. The van der Waals surface area contributed by atoms with E-state index in [9.17, 15) is 4.79 Å². The molecule has 0 aliphatic carbocycles. The molecule has 1 atom stereocenters. The number of anilines is 1. The fourth-order valence-corrected chi connectivity index (χ4v) is 4.34. The van der Waals surface area contributed by atoms with Gasteiger partial charge in [0.05, 0.1) is 13.7 Å². The number of methoxy groups -OCH3 is 1. The molecule has 1 fully saturated rings. The molecule has 1 aliphatic rings. The van der Waals surface area contributed by atoms with Gasteiger partial charge < -0.3 is 15.4 Å². The summed E-state index contributed by atoms with van der Waals surface area (Å²) in [7, 11) is 1.63. The Morgan fingerprint density at radius 2 is 1.97 bits per heavy atom. The van der Waals surface area contributed by atoms with Crippen molar-refractivity contribution in [3.8, 4) is 5.75 Å². The number of pyridine rings is 1. The first-order valence-electron chi connectivity index (χ1n) is 9.99. The number of primary amides is 1. The van der Waals surface area contributed by atoms with E-state index in [0.717, 1.165) is 42.6 Å². The predicted octanol–water partition coefficient (Wildman–Crippen LogP) is 3.12. The number of fused-ring (bicyclic) bond motifs is 1. The van der Waals surface area contributed by atoms with Crippen molar-refractivity contribution >= 4 is 34.1 Å². The molecule has 0 spiro atoms. The van der Waals surface area contributed by atoms with Crippen LogP contribution in [0.2, 0.25) is 5.15 Å². The molecule has 2 heterocycles. The van der Waals surface area contributed by atoms with Crippen LogP contribution in [0, 0.1) is 0 Å². The number of halogens is 1. The third-order valence-electron chi connectivity index (χ3n) is 5.60. The number of carbonyl (C=O) groups is 1. The quantitative estimate of drug-likeness (QED) is 0.615. The smallest absolute Gasteiger partial charge is 0.231 e. The minimum Gasteiger partial charge on any atom is -0.494 e. The van der Waals surface area contributed by atoms with Crippen molar-refractivity contribution in [2.75, 3.05) is 38.2 Å². The van der Waals surface area contributed by atoms with Gasteiger partial charge in [0, 0.05) is 36.7 Å². The maximum atomic E-state index is 11.6. The molecule has 1 amide bonds. The SMILES string of the molecule is COc1ccc(N2CCN(CC(N)=O)C(Cc3ccccc3)C2)c2ccc(Cl)nc12. The lowest BCUT2D eigenvalue weighted by atomic mass is 10.0. The number of rotatable bonds is 6. The van der Waals surface area contributed by atoms with E-state index in [1.54, 1.807) is 13.2 Å². The summed E-state index contributed by atoms with van der Waals surface area (Å²) in [6, 6.07) is 18.3. The van der Waals surface area contributed by atoms with E-state index >= 15 is 0 Å². The van der Waals surface area contributed by atoms with E-state index in [-0.39, 0.29) is 18.5 Å². The maximum Gasteiger partial charge on any atom is 0.231 e. The Kier molecular flexibility index (Phi) is 6.06. The third-order valence-corrected chi connectivity index (χ3v) is 5.81. The minimum atomic E-state index is -0.296. The summed E-state index contributed by atoms with van der Waals surface area (Å²) in [6.07, 6.45) is 0.850. The lowest BCUT2D eigenvalue weighted by molar-refractivity contribution is -0.119. The van der Waals surface area contributed by atoms with E-state index in [1.807, 2.05) is 30.3 Å². The number of amides is 1. The fourth-order valence-electron chi connectivity index (χ4n) is 4.19. The average Bonchev–Trinajstić information content (AvgIpc) is 2.74. The van der Waals surface area contributed by atoms with Gasteiger partial charge in [-0.05, 0) is 36.2 Å². The minimum absolute atomic E-state index is 0.172. The van der Waals surface area contributed by atoms with Gasteiger partial charge in [0.15, 0.2) is 0 Å². The van der Waals surface area contributed by atoms with Gasteiger partial charge in [0.1, 0.15) is 16.4 Å². The van der Waals surface area contributed by atoms with Crippen molar-refractivity contribution in [3.63, 3.8) is 0 Å². The molecule has 1 saturated heterocycles. The second kappa shape index (κ2) is 8.90. The van der Waals surface area contributed by atoms with Crippen molar-refractivity contribution in [2.24, 2.45) is 5.73 Å². The molecule has 1 aliphatic heterocycles. The van der Waals surface area contributed by atoms with Crippen LogP contribution in [0.1, 0.15) is 5.56 Å². The van der Waals surface area contributed by atoms with Gasteiger partial charge >= 0.3 is 0 Å². The summed E-state index contributed by atoms with van der Waals surface area (Å²) in [6.45, 7) is 2.61. The molecule has 0 bridgehead atoms. The average molecular weight is 425 g/mol. The van der Waals surface area contributed by atoms with Crippen LogP contribution in [-0.4, -0.2) is 55.1 Å². The monoisotopic (exact) mass is 424 g/mol. The van der Waals surface area contributed by atoms with Crippen LogP contribution < -0.4 is 15.4 Å². The topological polar surface area (TPSA) is 71.7 Å². The fraction of sp³-hybridized carbons (Fsp3) is 0.304. The standard InChI is InChI=1S/C23H25ClN4O2/c1-30-20-9-8-19(18-7-10-21(24)26-23(18)20)28-12-11-27(15-22(25)29)17(14-28)13-16-5-3-2-4-6-16/h2-10,17H,11-15H2,1H3,(H2,25,29). The Labute approximate surface area is 181 Å². The number of nitrogens with two attached hydrogens (primary N) is 1. The zero-order valence-corrected chi connectivity index (χ0v) is 17.7. The van der Waals surface area contributed by atoms with Crippen molar-refractivity contribution in [1.82, 2.24) is 9.88 Å². The second-order valence-corrected chi connectivity index (χ2v) is 7.93. The van der Waals surface area contributed by atoms with Crippen LogP contribution in [-0.2, 0) is 11.2 Å². The highest BCUT2D eigenvalue weighted by molar-refractivity contribution is 6.30. The maximum absolute atomic E-state index is 11.6. The van der Waals surface area contributed by atoms with E-state index in [0.29, 0.717) is 10.9 Å². The van der Waals surface area contributed by atoms with E-state index < -0.39 is 0 Å². The van der Waals surface area contributed by atoms with Gasteiger partial charge in [-0.2, -0.15) is 0 Å². The van der Waals surface area contributed by atoms with Crippen LogP contribution in [0.4, 0.5) is 5.69 Å². The lowest BCUT2D eigenvalue weighted by Crippen LogP contribution is -2.56. The van der Waals surface area contributed by atoms with Crippen molar-refractivity contribution in [3.05, 3.63) is 65.3 Å². The normalized spacial score (nSPS) is 17.3. The Hall–Kier alpha value is -2.83. The molecule has 30 heavy (non-hydrogen) atoms. The molecule has 0 radical (unpaired) electrons. The van der Waals surface area contributed by atoms with E-state index in [2.05, 4.69) is 33.0 Å². The molecule has 1 unspecified atom stereocenters. The Bertz CT molecular complexity index is 1040. The Morgan fingerprint density at radius 1 is 1.17 bits per heavy atom. The highest BCUT2D eigenvalue weighted by Gasteiger charge is 2.29. The molecule has 4 rings (SSSR count). The van der Waals surface area contributed by atoms with Gasteiger partial charge in [-0.1, -0.05) is 41.9 Å². The second-order valence-electron chi connectivity index (χ2n) is 7.54. The van der Waals surface area contributed by atoms with E-state index in [1.165, 1.54) is 5.56 Å². The van der Waals surface area contributed by atoms with Crippen LogP contribution in [0.15, 0.2) is 54.6 Å². The van der Waals surface area contributed by atoms with Crippen molar-refractivity contribution in [1.29, 1.82) is 0 Å². The zero-order chi connectivity index (χ0) is 21.1. The van der Waals surface area contributed by atoms with E-state index in [4.69, 9.17) is 22.1 Å². The van der Waals surface area contributed by atoms with Crippen LogP contribution >= 0.6 is 11.6 Å². The summed E-state index contributed by atoms with van der Waals surface area (Å²) in [5, 5.41) is 1.44. The summed E-state index contributed by atoms with van der Waals surface area (Å²) in [5.74, 6) is 0.403. The predicted molar refractivity (Wildman–Crippen MR) is 120 cm³/mol.